The molecule has 0 saturated heterocycles. The highest BCUT2D eigenvalue weighted by molar-refractivity contribution is 7.15. The van der Waals surface area contributed by atoms with Crippen LogP contribution in [-0.2, 0) is 6.54 Å². The van der Waals surface area contributed by atoms with Crippen molar-refractivity contribution in [2.45, 2.75) is 59.4 Å². The maximum absolute atomic E-state index is 4.92. The van der Waals surface area contributed by atoms with Gasteiger partial charge in [0.25, 0.3) is 0 Å². The van der Waals surface area contributed by atoms with Gasteiger partial charge in [0.15, 0.2) is 5.13 Å². The molecule has 1 aliphatic carbocycles. The van der Waals surface area contributed by atoms with Crippen LogP contribution >= 0.6 is 11.3 Å². The van der Waals surface area contributed by atoms with Gasteiger partial charge in [-0.05, 0) is 37.1 Å². The summed E-state index contributed by atoms with van der Waals surface area (Å²) in [6.45, 7) is 12.2. The van der Waals surface area contributed by atoms with Crippen molar-refractivity contribution in [3.63, 3.8) is 0 Å². The third-order valence-corrected chi connectivity index (χ3v) is 5.37. The predicted octanol–water partition coefficient (Wildman–Crippen LogP) is 4.25. The lowest BCUT2D eigenvalue weighted by molar-refractivity contribution is 0.321. The Kier molecular flexibility index (Phi) is 6.06. The van der Waals surface area contributed by atoms with Crippen molar-refractivity contribution < 1.29 is 0 Å². The van der Waals surface area contributed by atoms with Crippen LogP contribution in [0.15, 0.2) is 0 Å². The Hall–Kier alpha value is -0.610. The fourth-order valence-electron chi connectivity index (χ4n) is 2.71. The van der Waals surface area contributed by atoms with Crippen LogP contribution in [0.2, 0.25) is 0 Å². The van der Waals surface area contributed by atoms with Crippen LogP contribution in [0.3, 0.4) is 0 Å². The molecule has 1 aromatic rings. The van der Waals surface area contributed by atoms with Crippen LogP contribution in [0.1, 0.15) is 63.4 Å². The second kappa shape index (κ2) is 7.59. The highest BCUT2D eigenvalue weighted by Crippen LogP contribution is 2.33. The molecule has 1 heterocycles. The molecule has 0 unspecified atom stereocenters. The summed E-state index contributed by atoms with van der Waals surface area (Å²) < 4.78 is 0. The molecule has 0 bridgehead atoms. The molecule has 1 fully saturated rings. The van der Waals surface area contributed by atoms with Crippen LogP contribution in [0.4, 0.5) is 5.13 Å². The van der Waals surface area contributed by atoms with E-state index in [1.54, 1.807) is 0 Å². The first-order chi connectivity index (χ1) is 9.97. The van der Waals surface area contributed by atoms with Gasteiger partial charge in [0, 0.05) is 25.0 Å². The number of aromatic nitrogens is 1. The molecule has 1 N–H and O–H groups in total. The quantitative estimate of drug-likeness (QED) is 0.778. The molecular formula is C17H31N3S. The van der Waals surface area contributed by atoms with E-state index in [0.717, 1.165) is 19.0 Å². The van der Waals surface area contributed by atoms with Gasteiger partial charge in [0.1, 0.15) is 0 Å². The van der Waals surface area contributed by atoms with Crippen molar-refractivity contribution >= 4 is 16.5 Å². The number of anilines is 1. The van der Waals surface area contributed by atoms with Crippen LogP contribution in [0.25, 0.3) is 0 Å². The van der Waals surface area contributed by atoms with E-state index in [1.807, 2.05) is 11.3 Å². The summed E-state index contributed by atoms with van der Waals surface area (Å²) in [5.41, 5.74) is 1.28. The summed E-state index contributed by atoms with van der Waals surface area (Å²) >= 11 is 1.88. The zero-order valence-electron chi connectivity index (χ0n) is 14.3. The van der Waals surface area contributed by atoms with Gasteiger partial charge < -0.3 is 10.2 Å². The molecule has 0 spiro atoms. The molecule has 3 nitrogen and oxygen atoms in total. The van der Waals surface area contributed by atoms with Crippen LogP contribution in [-0.4, -0.2) is 25.1 Å². The Balaban J connectivity index is 2.00. The molecule has 0 radical (unpaired) electrons. The first-order valence-electron chi connectivity index (χ1n) is 8.38. The Morgan fingerprint density at radius 3 is 2.52 bits per heavy atom. The number of hydrogen-bond donors (Lipinski definition) is 1. The van der Waals surface area contributed by atoms with E-state index in [4.69, 9.17) is 4.98 Å². The molecule has 0 aromatic carbocycles. The van der Waals surface area contributed by atoms with E-state index in [2.05, 4.69) is 45.0 Å². The fraction of sp³-hybridized carbons (Fsp3) is 0.824. The van der Waals surface area contributed by atoms with Crippen molar-refractivity contribution in [1.29, 1.82) is 0 Å². The number of hydrogen-bond acceptors (Lipinski definition) is 4. The normalized spacial score (nSPS) is 15.8. The molecule has 1 aliphatic rings. The maximum atomic E-state index is 4.92. The second-order valence-corrected chi connectivity index (χ2v) is 8.22. The minimum absolute atomic E-state index is 0.503. The zero-order chi connectivity index (χ0) is 15.4. The lowest BCUT2D eigenvalue weighted by Crippen LogP contribution is -2.29. The molecule has 0 aliphatic heterocycles. The van der Waals surface area contributed by atoms with Crippen molar-refractivity contribution in [1.82, 2.24) is 10.3 Å². The fourth-order valence-corrected chi connectivity index (χ4v) is 3.86. The Bertz CT molecular complexity index is 435. The molecule has 21 heavy (non-hydrogen) atoms. The lowest BCUT2D eigenvalue weighted by atomic mass is 9.85. The van der Waals surface area contributed by atoms with E-state index < -0.39 is 0 Å². The van der Waals surface area contributed by atoms with Gasteiger partial charge in [-0.3, -0.25) is 0 Å². The van der Waals surface area contributed by atoms with Crippen LogP contribution in [0, 0.1) is 11.8 Å². The average Bonchev–Trinajstić information content (AvgIpc) is 2.77. The van der Waals surface area contributed by atoms with E-state index >= 15 is 0 Å². The molecule has 1 aromatic heterocycles. The largest absolute Gasteiger partial charge is 0.351 e. The van der Waals surface area contributed by atoms with Gasteiger partial charge in [0.2, 0.25) is 0 Å². The molecular weight excluding hydrogens is 278 g/mol. The van der Waals surface area contributed by atoms with Gasteiger partial charge in [-0.15, -0.1) is 11.3 Å². The zero-order valence-corrected chi connectivity index (χ0v) is 15.1. The van der Waals surface area contributed by atoms with E-state index in [0.29, 0.717) is 11.8 Å². The van der Waals surface area contributed by atoms with Crippen molar-refractivity contribution in [3.8, 4) is 0 Å². The third-order valence-electron chi connectivity index (χ3n) is 4.18. The topological polar surface area (TPSA) is 28.2 Å². The van der Waals surface area contributed by atoms with Crippen LogP contribution < -0.4 is 10.2 Å². The predicted molar refractivity (Wildman–Crippen MR) is 93.4 cm³/mol. The number of thiazole rings is 1. The highest BCUT2D eigenvalue weighted by Gasteiger charge is 2.22. The summed E-state index contributed by atoms with van der Waals surface area (Å²) in [6, 6.07) is 0. The van der Waals surface area contributed by atoms with E-state index in [1.165, 1.54) is 41.5 Å². The third kappa shape index (κ3) is 4.68. The summed E-state index contributed by atoms with van der Waals surface area (Å²) in [7, 11) is 2.20. The number of rotatable bonds is 8. The highest BCUT2D eigenvalue weighted by atomic mass is 32.1. The van der Waals surface area contributed by atoms with Gasteiger partial charge >= 0.3 is 0 Å². The molecule has 2 rings (SSSR count). The number of nitrogens with zero attached hydrogens (tertiary/aromatic N) is 2. The standard InChI is InChI=1S/C17H31N3S/c1-12(2)9-18-10-15-16(13(3)4)19-17(21-15)20(5)11-14-7-6-8-14/h12-14,18H,6-11H2,1-5H3. The second-order valence-electron chi connectivity index (χ2n) is 7.16. The van der Waals surface area contributed by atoms with Crippen molar-refractivity contribution in [2.75, 3.05) is 25.0 Å². The first kappa shape index (κ1) is 16.8. The van der Waals surface area contributed by atoms with E-state index in [9.17, 15) is 0 Å². The molecule has 0 amide bonds. The minimum Gasteiger partial charge on any atom is -0.351 e. The van der Waals surface area contributed by atoms with Crippen molar-refractivity contribution in [3.05, 3.63) is 10.6 Å². The SMILES string of the molecule is CC(C)CNCc1sc(N(C)CC2CCC2)nc1C(C)C. The molecule has 0 atom stereocenters. The van der Waals surface area contributed by atoms with Gasteiger partial charge in [0.05, 0.1) is 5.69 Å². The molecule has 4 heteroatoms. The lowest BCUT2D eigenvalue weighted by Gasteiger charge is -2.29. The smallest absolute Gasteiger partial charge is 0.185 e. The first-order valence-corrected chi connectivity index (χ1v) is 9.20. The summed E-state index contributed by atoms with van der Waals surface area (Å²) in [6.07, 6.45) is 4.21. The van der Waals surface area contributed by atoms with Gasteiger partial charge in [-0.2, -0.15) is 0 Å². The molecule has 120 valence electrons. The monoisotopic (exact) mass is 309 g/mol. The van der Waals surface area contributed by atoms with Gasteiger partial charge in [-0.1, -0.05) is 34.1 Å². The van der Waals surface area contributed by atoms with E-state index in [-0.39, 0.29) is 0 Å². The minimum atomic E-state index is 0.503. The van der Waals surface area contributed by atoms with Crippen LogP contribution in [0.5, 0.6) is 0 Å². The summed E-state index contributed by atoms with van der Waals surface area (Å²) in [5.74, 6) is 2.09. The number of nitrogens with one attached hydrogen (secondary N) is 1. The van der Waals surface area contributed by atoms with Gasteiger partial charge in [-0.25, -0.2) is 4.98 Å². The Morgan fingerprint density at radius 2 is 2.00 bits per heavy atom. The Labute approximate surface area is 134 Å². The average molecular weight is 310 g/mol. The summed E-state index contributed by atoms with van der Waals surface area (Å²) in [5, 5.41) is 4.76. The van der Waals surface area contributed by atoms with Crippen molar-refractivity contribution in [2.24, 2.45) is 11.8 Å². The Morgan fingerprint density at radius 1 is 1.29 bits per heavy atom. The molecule has 1 saturated carbocycles. The maximum Gasteiger partial charge on any atom is 0.185 e. The summed E-state index contributed by atoms with van der Waals surface area (Å²) in [4.78, 5) is 8.71.